The second kappa shape index (κ2) is 3.49. The van der Waals surface area contributed by atoms with E-state index in [4.69, 9.17) is 0 Å². The van der Waals surface area contributed by atoms with Gasteiger partial charge in [-0.2, -0.15) is 5.10 Å². The van der Waals surface area contributed by atoms with Crippen molar-refractivity contribution in [3.05, 3.63) is 29.8 Å². The second-order valence-electron chi connectivity index (χ2n) is 4.31. The van der Waals surface area contributed by atoms with Crippen molar-refractivity contribution in [2.45, 2.75) is 20.0 Å². The van der Waals surface area contributed by atoms with Gasteiger partial charge in [-0.05, 0) is 13.0 Å². The Hall–Kier alpha value is -1.55. The number of aryl methyl sites for hydroxylation is 1. The molecule has 0 amide bonds. The summed E-state index contributed by atoms with van der Waals surface area (Å²) in [5.41, 5.74) is 5.17. The smallest absolute Gasteiger partial charge is 0.0571 e. The number of rotatable bonds is 1. The lowest BCUT2D eigenvalue weighted by molar-refractivity contribution is 0.517. The van der Waals surface area contributed by atoms with Crippen LogP contribution in [0.3, 0.4) is 0 Å². The fraction of sp³-hybridized carbons (Fsp3) is 0.417. The van der Waals surface area contributed by atoms with Gasteiger partial charge in [0.05, 0.1) is 6.20 Å². The Morgan fingerprint density at radius 1 is 1.38 bits per heavy atom. The SMILES string of the molecule is Cc1c(-c2ccn3c2CNCC3)cnn1C. The van der Waals surface area contributed by atoms with Crippen molar-refractivity contribution in [1.29, 1.82) is 0 Å². The normalized spacial score (nSPS) is 15.1. The van der Waals surface area contributed by atoms with Crippen molar-refractivity contribution in [3.8, 4) is 11.1 Å². The zero-order valence-electron chi connectivity index (χ0n) is 9.70. The maximum absolute atomic E-state index is 4.31. The Labute approximate surface area is 94.9 Å². The third-order valence-electron chi connectivity index (χ3n) is 3.43. The molecule has 0 unspecified atom stereocenters. The lowest BCUT2D eigenvalue weighted by Gasteiger charge is -2.17. The Kier molecular flexibility index (Phi) is 2.11. The fourth-order valence-corrected chi connectivity index (χ4v) is 2.33. The molecule has 0 spiro atoms. The summed E-state index contributed by atoms with van der Waals surface area (Å²) in [6.45, 7) is 5.20. The highest BCUT2D eigenvalue weighted by molar-refractivity contribution is 5.68. The molecule has 4 nitrogen and oxygen atoms in total. The first-order valence-electron chi connectivity index (χ1n) is 5.65. The van der Waals surface area contributed by atoms with Gasteiger partial charge in [0, 0.05) is 55.4 Å². The van der Waals surface area contributed by atoms with E-state index in [9.17, 15) is 0 Å². The largest absolute Gasteiger partial charge is 0.348 e. The number of hydrogen-bond acceptors (Lipinski definition) is 2. The molecular formula is C12H16N4. The van der Waals surface area contributed by atoms with E-state index in [1.54, 1.807) is 0 Å². The average Bonchev–Trinajstić information content (AvgIpc) is 2.85. The average molecular weight is 216 g/mol. The van der Waals surface area contributed by atoms with Crippen LogP contribution in [0.4, 0.5) is 0 Å². The van der Waals surface area contributed by atoms with E-state index in [2.05, 4.69) is 34.2 Å². The van der Waals surface area contributed by atoms with Crippen LogP contribution < -0.4 is 5.32 Å². The van der Waals surface area contributed by atoms with Crippen molar-refractivity contribution < 1.29 is 0 Å². The highest BCUT2D eigenvalue weighted by Crippen LogP contribution is 2.28. The number of hydrogen-bond donors (Lipinski definition) is 1. The molecule has 0 aromatic carbocycles. The zero-order valence-corrected chi connectivity index (χ0v) is 9.70. The number of aromatic nitrogens is 3. The Morgan fingerprint density at radius 2 is 2.25 bits per heavy atom. The molecule has 0 saturated heterocycles. The molecule has 0 aliphatic carbocycles. The maximum atomic E-state index is 4.31. The van der Waals surface area contributed by atoms with E-state index < -0.39 is 0 Å². The molecule has 3 heterocycles. The molecule has 16 heavy (non-hydrogen) atoms. The predicted octanol–water partition coefficient (Wildman–Crippen LogP) is 1.30. The minimum absolute atomic E-state index is 0.955. The van der Waals surface area contributed by atoms with Gasteiger partial charge in [-0.1, -0.05) is 0 Å². The topological polar surface area (TPSA) is 34.8 Å². The van der Waals surface area contributed by atoms with Crippen LogP contribution in [0.25, 0.3) is 11.1 Å². The van der Waals surface area contributed by atoms with Crippen molar-refractivity contribution in [3.63, 3.8) is 0 Å². The van der Waals surface area contributed by atoms with Crippen LogP contribution >= 0.6 is 0 Å². The van der Waals surface area contributed by atoms with Crippen LogP contribution in [-0.4, -0.2) is 20.9 Å². The molecule has 2 aromatic rings. The lowest BCUT2D eigenvalue weighted by Crippen LogP contribution is -2.27. The van der Waals surface area contributed by atoms with Gasteiger partial charge in [-0.15, -0.1) is 0 Å². The summed E-state index contributed by atoms with van der Waals surface area (Å²) >= 11 is 0. The first-order chi connectivity index (χ1) is 7.77. The van der Waals surface area contributed by atoms with E-state index in [-0.39, 0.29) is 0 Å². The minimum Gasteiger partial charge on any atom is -0.348 e. The number of nitrogens with one attached hydrogen (secondary N) is 1. The summed E-state index contributed by atoms with van der Waals surface area (Å²) in [6.07, 6.45) is 4.14. The highest BCUT2D eigenvalue weighted by atomic mass is 15.3. The minimum atomic E-state index is 0.955. The Balaban J connectivity index is 2.13. The molecule has 3 rings (SSSR count). The van der Waals surface area contributed by atoms with Gasteiger partial charge in [0.1, 0.15) is 0 Å². The summed E-state index contributed by atoms with van der Waals surface area (Å²) in [6, 6.07) is 2.20. The van der Waals surface area contributed by atoms with E-state index in [1.165, 1.54) is 22.5 Å². The molecule has 4 heteroatoms. The van der Waals surface area contributed by atoms with Crippen molar-refractivity contribution in [2.24, 2.45) is 7.05 Å². The summed E-state index contributed by atoms with van der Waals surface area (Å²) < 4.78 is 4.26. The lowest BCUT2D eigenvalue weighted by atomic mass is 10.1. The van der Waals surface area contributed by atoms with Gasteiger partial charge >= 0.3 is 0 Å². The van der Waals surface area contributed by atoms with Crippen LogP contribution in [0.2, 0.25) is 0 Å². The molecule has 0 fully saturated rings. The number of nitrogens with zero attached hydrogens (tertiary/aromatic N) is 3. The summed E-state index contributed by atoms with van der Waals surface area (Å²) in [5.74, 6) is 0. The second-order valence-corrected chi connectivity index (χ2v) is 4.31. The van der Waals surface area contributed by atoms with E-state index in [0.29, 0.717) is 0 Å². The third-order valence-corrected chi connectivity index (χ3v) is 3.43. The summed E-state index contributed by atoms with van der Waals surface area (Å²) in [7, 11) is 1.99. The highest BCUT2D eigenvalue weighted by Gasteiger charge is 2.16. The first-order valence-corrected chi connectivity index (χ1v) is 5.65. The summed E-state index contributed by atoms with van der Waals surface area (Å²) in [5, 5.41) is 7.72. The van der Waals surface area contributed by atoms with Gasteiger partial charge in [0.25, 0.3) is 0 Å². The molecule has 0 radical (unpaired) electrons. The van der Waals surface area contributed by atoms with Gasteiger partial charge in [0.2, 0.25) is 0 Å². The van der Waals surface area contributed by atoms with Crippen LogP contribution in [-0.2, 0) is 20.1 Å². The standard InChI is InChI=1S/C12H16N4/c1-9-11(7-14-15(9)2)10-3-5-16-6-4-13-8-12(10)16/h3,5,7,13H,4,6,8H2,1-2H3. The van der Waals surface area contributed by atoms with E-state index in [1.807, 2.05) is 17.9 Å². The zero-order chi connectivity index (χ0) is 11.1. The molecule has 0 bridgehead atoms. The van der Waals surface area contributed by atoms with Crippen molar-refractivity contribution >= 4 is 0 Å². The molecule has 84 valence electrons. The Bertz CT molecular complexity index is 521. The Morgan fingerprint density at radius 3 is 3.00 bits per heavy atom. The third kappa shape index (κ3) is 1.30. The molecule has 0 atom stereocenters. The van der Waals surface area contributed by atoms with Gasteiger partial charge < -0.3 is 9.88 Å². The molecule has 0 saturated carbocycles. The van der Waals surface area contributed by atoms with Crippen LogP contribution in [0.5, 0.6) is 0 Å². The number of fused-ring (bicyclic) bond motifs is 1. The maximum Gasteiger partial charge on any atom is 0.0571 e. The first kappa shape index (κ1) is 9.66. The monoisotopic (exact) mass is 216 g/mol. The quantitative estimate of drug-likeness (QED) is 0.779. The van der Waals surface area contributed by atoms with Gasteiger partial charge in [-0.25, -0.2) is 0 Å². The van der Waals surface area contributed by atoms with Crippen LogP contribution in [0.15, 0.2) is 18.5 Å². The molecule has 1 N–H and O–H groups in total. The fourth-order valence-electron chi connectivity index (χ4n) is 2.33. The molecular weight excluding hydrogens is 200 g/mol. The predicted molar refractivity (Wildman–Crippen MR) is 63.1 cm³/mol. The van der Waals surface area contributed by atoms with Crippen LogP contribution in [0.1, 0.15) is 11.4 Å². The van der Waals surface area contributed by atoms with E-state index >= 15 is 0 Å². The van der Waals surface area contributed by atoms with Gasteiger partial charge in [0.15, 0.2) is 0 Å². The summed E-state index contributed by atoms with van der Waals surface area (Å²) in [4.78, 5) is 0. The molecule has 1 aliphatic rings. The van der Waals surface area contributed by atoms with Crippen molar-refractivity contribution in [1.82, 2.24) is 19.7 Å². The van der Waals surface area contributed by atoms with Crippen LogP contribution in [0, 0.1) is 6.92 Å². The van der Waals surface area contributed by atoms with Crippen molar-refractivity contribution in [2.75, 3.05) is 6.54 Å². The molecule has 2 aromatic heterocycles. The van der Waals surface area contributed by atoms with E-state index in [0.717, 1.165) is 19.6 Å². The van der Waals surface area contributed by atoms with Gasteiger partial charge in [-0.3, -0.25) is 4.68 Å². The molecule has 1 aliphatic heterocycles.